The molecule has 1 aromatic rings. The van der Waals surface area contributed by atoms with Gasteiger partial charge < -0.3 is 15.2 Å². The third kappa shape index (κ3) is 5.28. The Hall–Kier alpha value is -1.59. The highest BCUT2D eigenvalue weighted by molar-refractivity contribution is 5.78. The number of rotatable bonds is 7. The minimum atomic E-state index is -0.0568. The van der Waals surface area contributed by atoms with Crippen LogP contribution in [0.2, 0.25) is 0 Å². The number of hydrogen-bond acceptors (Lipinski definition) is 4. The van der Waals surface area contributed by atoms with Crippen LogP contribution in [0.4, 0.5) is 0 Å². The van der Waals surface area contributed by atoms with Crippen molar-refractivity contribution < 1.29 is 14.6 Å². The fraction of sp³-hybridized carbons (Fsp3) is 0.500. The maximum absolute atomic E-state index is 11.7. The first-order valence-corrected chi connectivity index (χ1v) is 6.27. The number of amides is 1. The second kappa shape index (κ2) is 7.76. The lowest BCUT2D eigenvalue weighted by Crippen LogP contribution is -2.40. The van der Waals surface area contributed by atoms with Crippen molar-refractivity contribution in [2.75, 3.05) is 27.3 Å². The van der Waals surface area contributed by atoms with Crippen molar-refractivity contribution >= 4 is 5.91 Å². The first kappa shape index (κ1) is 15.5. The number of carbonyl (C=O) groups excluding carboxylic acids is 1. The van der Waals surface area contributed by atoms with Crippen molar-refractivity contribution in [3.8, 4) is 5.75 Å². The van der Waals surface area contributed by atoms with Crippen molar-refractivity contribution in [2.45, 2.75) is 19.5 Å². The molecule has 0 fully saturated rings. The molecule has 5 heteroatoms. The molecule has 106 valence electrons. The van der Waals surface area contributed by atoms with Gasteiger partial charge in [-0.3, -0.25) is 9.69 Å². The zero-order chi connectivity index (χ0) is 14.3. The molecule has 0 saturated carbocycles. The van der Waals surface area contributed by atoms with Gasteiger partial charge in [-0.1, -0.05) is 12.1 Å². The standard InChI is InChI=1S/C14H22N2O3/c1-11(10-17)16(2)9-14(18)15-8-12-4-6-13(19-3)7-5-12/h4-7,11,17H,8-10H2,1-3H3,(H,15,18). The molecule has 0 saturated heterocycles. The number of benzene rings is 1. The van der Waals surface area contributed by atoms with E-state index >= 15 is 0 Å². The number of methoxy groups -OCH3 is 1. The third-order valence-corrected chi connectivity index (χ3v) is 3.06. The van der Waals surface area contributed by atoms with Gasteiger partial charge in [0, 0.05) is 12.6 Å². The van der Waals surface area contributed by atoms with Gasteiger partial charge in [0.25, 0.3) is 0 Å². The van der Waals surface area contributed by atoms with Gasteiger partial charge in [-0.15, -0.1) is 0 Å². The van der Waals surface area contributed by atoms with Crippen molar-refractivity contribution in [1.82, 2.24) is 10.2 Å². The van der Waals surface area contributed by atoms with Gasteiger partial charge in [-0.2, -0.15) is 0 Å². The summed E-state index contributed by atoms with van der Waals surface area (Å²) in [6.07, 6.45) is 0. The maximum Gasteiger partial charge on any atom is 0.234 e. The molecule has 1 aromatic carbocycles. The van der Waals surface area contributed by atoms with E-state index in [1.165, 1.54) is 0 Å². The Morgan fingerprint density at radius 1 is 1.42 bits per heavy atom. The lowest BCUT2D eigenvalue weighted by molar-refractivity contribution is -0.122. The van der Waals surface area contributed by atoms with Crippen LogP contribution in [0, 0.1) is 0 Å². The molecule has 0 aliphatic rings. The van der Waals surface area contributed by atoms with Crippen LogP contribution >= 0.6 is 0 Å². The fourth-order valence-corrected chi connectivity index (χ4v) is 1.52. The smallest absolute Gasteiger partial charge is 0.234 e. The van der Waals surface area contributed by atoms with E-state index in [1.54, 1.807) is 7.11 Å². The predicted molar refractivity (Wildman–Crippen MR) is 74.0 cm³/mol. The molecular formula is C14H22N2O3. The first-order chi connectivity index (χ1) is 9.06. The molecule has 0 aliphatic heterocycles. The highest BCUT2D eigenvalue weighted by Gasteiger charge is 2.11. The highest BCUT2D eigenvalue weighted by Crippen LogP contribution is 2.10. The molecule has 2 N–H and O–H groups in total. The van der Waals surface area contributed by atoms with Gasteiger partial charge in [-0.05, 0) is 31.7 Å². The van der Waals surface area contributed by atoms with Crippen molar-refractivity contribution in [2.24, 2.45) is 0 Å². The Kier molecular flexibility index (Phi) is 6.32. The van der Waals surface area contributed by atoms with Crippen LogP contribution in [-0.2, 0) is 11.3 Å². The minimum Gasteiger partial charge on any atom is -0.497 e. The summed E-state index contributed by atoms with van der Waals surface area (Å²) in [5, 5.41) is 11.8. The van der Waals surface area contributed by atoms with E-state index in [9.17, 15) is 4.79 Å². The Balaban J connectivity index is 2.37. The van der Waals surface area contributed by atoms with Crippen LogP contribution < -0.4 is 10.1 Å². The second-order valence-corrected chi connectivity index (χ2v) is 4.57. The minimum absolute atomic E-state index is 0.0215. The Morgan fingerprint density at radius 2 is 2.05 bits per heavy atom. The van der Waals surface area contributed by atoms with Gasteiger partial charge in [0.05, 0.1) is 20.3 Å². The summed E-state index contributed by atoms with van der Waals surface area (Å²) < 4.78 is 5.07. The van der Waals surface area contributed by atoms with Crippen LogP contribution in [0.15, 0.2) is 24.3 Å². The molecule has 0 radical (unpaired) electrons. The number of nitrogens with one attached hydrogen (secondary N) is 1. The maximum atomic E-state index is 11.7. The summed E-state index contributed by atoms with van der Waals surface area (Å²) in [7, 11) is 3.43. The molecule has 0 bridgehead atoms. The van der Waals surface area contributed by atoms with Gasteiger partial charge in [0.15, 0.2) is 0 Å². The summed E-state index contributed by atoms with van der Waals surface area (Å²) in [5.74, 6) is 0.741. The zero-order valence-electron chi connectivity index (χ0n) is 11.7. The van der Waals surface area contributed by atoms with Gasteiger partial charge in [-0.25, -0.2) is 0 Å². The van der Waals surface area contributed by atoms with Crippen LogP contribution in [0.25, 0.3) is 0 Å². The van der Waals surface area contributed by atoms with Crippen LogP contribution in [-0.4, -0.2) is 49.3 Å². The first-order valence-electron chi connectivity index (χ1n) is 6.27. The normalized spacial score (nSPS) is 12.3. The number of hydrogen-bond donors (Lipinski definition) is 2. The molecule has 0 spiro atoms. The molecular weight excluding hydrogens is 244 g/mol. The number of nitrogens with zero attached hydrogens (tertiary/aromatic N) is 1. The van der Waals surface area contributed by atoms with E-state index in [4.69, 9.17) is 9.84 Å². The molecule has 0 aliphatic carbocycles. The average molecular weight is 266 g/mol. The molecule has 5 nitrogen and oxygen atoms in total. The van der Waals surface area contributed by atoms with E-state index in [0.29, 0.717) is 6.54 Å². The van der Waals surface area contributed by atoms with E-state index in [-0.39, 0.29) is 25.1 Å². The van der Waals surface area contributed by atoms with Crippen LogP contribution in [0.1, 0.15) is 12.5 Å². The number of ether oxygens (including phenoxy) is 1. The number of aliphatic hydroxyl groups excluding tert-OH is 1. The Labute approximate surface area is 114 Å². The summed E-state index contributed by atoms with van der Waals surface area (Å²) in [6, 6.07) is 7.54. The molecule has 0 heterocycles. The predicted octanol–water partition coefficient (Wildman–Crippen LogP) is 0.624. The molecule has 1 unspecified atom stereocenters. The molecule has 19 heavy (non-hydrogen) atoms. The number of aliphatic hydroxyl groups is 1. The summed E-state index contributed by atoms with van der Waals surface area (Å²) >= 11 is 0. The monoisotopic (exact) mass is 266 g/mol. The van der Waals surface area contributed by atoms with Gasteiger partial charge in [0.2, 0.25) is 5.91 Å². The van der Waals surface area contributed by atoms with Gasteiger partial charge in [0.1, 0.15) is 5.75 Å². The number of carbonyl (C=O) groups is 1. The fourth-order valence-electron chi connectivity index (χ4n) is 1.52. The third-order valence-electron chi connectivity index (χ3n) is 3.06. The van der Waals surface area contributed by atoms with E-state index in [1.807, 2.05) is 43.1 Å². The Morgan fingerprint density at radius 3 is 2.58 bits per heavy atom. The van der Waals surface area contributed by atoms with Crippen molar-refractivity contribution in [1.29, 1.82) is 0 Å². The SMILES string of the molecule is COc1ccc(CNC(=O)CN(C)C(C)CO)cc1. The highest BCUT2D eigenvalue weighted by atomic mass is 16.5. The number of likely N-dealkylation sites (N-methyl/N-ethyl adjacent to an activating group) is 1. The zero-order valence-corrected chi connectivity index (χ0v) is 11.7. The average Bonchev–Trinajstić information content (AvgIpc) is 2.44. The second-order valence-electron chi connectivity index (χ2n) is 4.57. The van der Waals surface area contributed by atoms with Crippen molar-refractivity contribution in [3.63, 3.8) is 0 Å². The lowest BCUT2D eigenvalue weighted by Gasteiger charge is -2.21. The largest absolute Gasteiger partial charge is 0.497 e. The Bertz CT molecular complexity index is 392. The summed E-state index contributed by atoms with van der Waals surface area (Å²) in [5.41, 5.74) is 1.02. The lowest BCUT2D eigenvalue weighted by atomic mass is 10.2. The van der Waals surface area contributed by atoms with E-state index in [2.05, 4.69) is 5.32 Å². The summed E-state index contributed by atoms with van der Waals surface area (Å²) in [4.78, 5) is 13.5. The summed E-state index contributed by atoms with van der Waals surface area (Å²) in [6.45, 7) is 2.68. The van der Waals surface area contributed by atoms with E-state index in [0.717, 1.165) is 11.3 Å². The van der Waals surface area contributed by atoms with E-state index < -0.39 is 0 Å². The van der Waals surface area contributed by atoms with Crippen LogP contribution in [0.3, 0.4) is 0 Å². The molecule has 1 rings (SSSR count). The topological polar surface area (TPSA) is 61.8 Å². The van der Waals surface area contributed by atoms with Crippen molar-refractivity contribution in [3.05, 3.63) is 29.8 Å². The quantitative estimate of drug-likeness (QED) is 0.759. The van der Waals surface area contributed by atoms with Gasteiger partial charge >= 0.3 is 0 Å². The van der Waals surface area contributed by atoms with Crippen LogP contribution in [0.5, 0.6) is 5.75 Å². The molecule has 1 amide bonds. The molecule has 1 atom stereocenters. The molecule has 0 aromatic heterocycles.